The summed E-state index contributed by atoms with van der Waals surface area (Å²) in [4.78, 5) is 0. The lowest BCUT2D eigenvalue weighted by molar-refractivity contribution is 0.124. The summed E-state index contributed by atoms with van der Waals surface area (Å²) in [6.07, 6.45) is 4.21. The zero-order chi connectivity index (χ0) is 15.0. The van der Waals surface area contributed by atoms with Crippen LogP contribution in [0.5, 0.6) is 0 Å². The van der Waals surface area contributed by atoms with Gasteiger partial charge in [-0.15, -0.1) is 0 Å². The van der Waals surface area contributed by atoms with Crippen LogP contribution in [-0.2, 0) is 6.42 Å². The Balaban J connectivity index is 2.01. The molecule has 1 aliphatic carbocycles. The van der Waals surface area contributed by atoms with Crippen molar-refractivity contribution in [3.8, 4) is 0 Å². The Morgan fingerprint density at radius 1 is 1.33 bits per heavy atom. The number of rotatable bonds is 3. The Hall–Kier alpha value is -1.32. The Labute approximate surface area is 130 Å². The minimum Gasteiger partial charge on any atom is -0.386 e. The summed E-state index contributed by atoms with van der Waals surface area (Å²) in [7, 11) is 0. The quantitative estimate of drug-likeness (QED) is 0.919. The molecule has 1 heterocycles. The number of aromatic nitrogens is 2. The van der Waals surface area contributed by atoms with E-state index in [0.717, 1.165) is 25.0 Å². The van der Waals surface area contributed by atoms with E-state index in [1.807, 2.05) is 24.6 Å². The predicted octanol–water partition coefficient (Wildman–Crippen LogP) is 4.27. The van der Waals surface area contributed by atoms with Gasteiger partial charge in [0, 0.05) is 12.0 Å². The summed E-state index contributed by atoms with van der Waals surface area (Å²) < 4.78 is 1.84. The number of hydrogen-bond acceptors (Lipinski definition) is 2. The lowest BCUT2D eigenvalue weighted by Gasteiger charge is -2.30. The smallest absolute Gasteiger partial charge is 0.104 e. The Bertz CT molecular complexity index is 635. The molecule has 2 unspecified atom stereocenters. The third-order valence-corrected chi connectivity index (χ3v) is 4.64. The van der Waals surface area contributed by atoms with E-state index < -0.39 is 6.10 Å². The van der Waals surface area contributed by atoms with Gasteiger partial charge < -0.3 is 5.11 Å². The van der Waals surface area contributed by atoms with Gasteiger partial charge in [-0.3, -0.25) is 4.68 Å². The van der Waals surface area contributed by atoms with Crippen LogP contribution in [0, 0.1) is 0 Å². The predicted molar refractivity (Wildman–Crippen MR) is 84.7 cm³/mol. The Kier molecular flexibility index (Phi) is 4.05. The zero-order valence-electron chi connectivity index (χ0n) is 12.5. The second-order valence-electron chi connectivity index (χ2n) is 6.06. The van der Waals surface area contributed by atoms with Crippen LogP contribution < -0.4 is 0 Å². The van der Waals surface area contributed by atoms with Crippen molar-refractivity contribution in [2.75, 3.05) is 0 Å². The maximum atomic E-state index is 10.9. The van der Waals surface area contributed by atoms with E-state index in [2.05, 4.69) is 23.3 Å². The number of aryl methyl sites for hydroxylation is 1. The number of nitrogens with zero attached hydrogens (tertiary/aromatic N) is 2. The molecule has 112 valence electrons. The molecule has 21 heavy (non-hydrogen) atoms. The van der Waals surface area contributed by atoms with Gasteiger partial charge in [0.1, 0.15) is 6.10 Å². The minimum atomic E-state index is -0.608. The highest BCUT2D eigenvalue weighted by Crippen LogP contribution is 2.42. The molecule has 0 radical (unpaired) electrons. The van der Waals surface area contributed by atoms with Crippen LogP contribution in [-0.4, -0.2) is 14.9 Å². The van der Waals surface area contributed by atoms with E-state index in [4.69, 9.17) is 11.6 Å². The third kappa shape index (κ3) is 2.60. The van der Waals surface area contributed by atoms with E-state index >= 15 is 0 Å². The number of fused-ring (bicyclic) bond motifs is 1. The molecule has 4 heteroatoms. The van der Waals surface area contributed by atoms with Crippen LogP contribution in [0.1, 0.15) is 61.6 Å². The van der Waals surface area contributed by atoms with Gasteiger partial charge in [0.25, 0.3) is 0 Å². The minimum absolute atomic E-state index is 0.0987. The van der Waals surface area contributed by atoms with Crippen molar-refractivity contribution < 1.29 is 5.11 Å². The molecular weight excluding hydrogens is 284 g/mol. The van der Waals surface area contributed by atoms with Gasteiger partial charge >= 0.3 is 0 Å². The van der Waals surface area contributed by atoms with Gasteiger partial charge in [0.05, 0.1) is 16.9 Å². The summed E-state index contributed by atoms with van der Waals surface area (Å²) in [6.45, 7) is 4.10. The van der Waals surface area contributed by atoms with Crippen LogP contribution in [0.25, 0.3) is 0 Å². The molecule has 1 aliphatic rings. The SMILES string of the molecule is CC(C)n1ncc(Cl)c1C(O)C1CCCc2ccccc21. The van der Waals surface area contributed by atoms with Crippen molar-refractivity contribution in [3.63, 3.8) is 0 Å². The molecule has 1 aromatic heterocycles. The molecule has 0 saturated heterocycles. The first-order valence-electron chi connectivity index (χ1n) is 7.58. The second kappa shape index (κ2) is 5.82. The molecule has 0 aliphatic heterocycles. The van der Waals surface area contributed by atoms with Crippen LogP contribution in [0.15, 0.2) is 30.5 Å². The van der Waals surface area contributed by atoms with Crippen LogP contribution in [0.2, 0.25) is 5.02 Å². The van der Waals surface area contributed by atoms with Gasteiger partial charge in [0.2, 0.25) is 0 Å². The molecule has 3 nitrogen and oxygen atoms in total. The molecular formula is C17H21ClN2O. The zero-order valence-corrected chi connectivity index (χ0v) is 13.2. The number of aliphatic hydroxyl groups excluding tert-OH is 1. The van der Waals surface area contributed by atoms with Crippen LogP contribution in [0.4, 0.5) is 0 Å². The fraction of sp³-hybridized carbons (Fsp3) is 0.471. The Morgan fingerprint density at radius 3 is 2.86 bits per heavy atom. The van der Waals surface area contributed by atoms with Crippen LogP contribution in [0.3, 0.4) is 0 Å². The molecule has 0 fully saturated rings. The highest BCUT2D eigenvalue weighted by molar-refractivity contribution is 6.31. The average molecular weight is 305 g/mol. The highest BCUT2D eigenvalue weighted by Gasteiger charge is 2.31. The van der Waals surface area contributed by atoms with Gasteiger partial charge in [-0.05, 0) is 44.2 Å². The molecule has 2 aromatic rings. The number of hydrogen-bond donors (Lipinski definition) is 1. The molecule has 2 atom stereocenters. The first kappa shape index (κ1) is 14.6. The van der Waals surface area contributed by atoms with Crippen molar-refractivity contribution in [1.82, 2.24) is 9.78 Å². The normalized spacial score (nSPS) is 19.6. The molecule has 1 aromatic carbocycles. The summed E-state index contributed by atoms with van der Waals surface area (Å²) >= 11 is 6.29. The second-order valence-corrected chi connectivity index (χ2v) is 6.47. The van der Waals surface area contributed by atoms with E-state index in [0.29, 0.717) is 5.02 Å². The summed E-state index contributed by atoms with van der Waals surface area (Å²) in [5.74, 6) is 0.0987. The molecule has 0 bridgehead atoms. The van der Waals surface area contributed by atoms with Crippen molar-refractivity contribution in [2.24, 2.45) is 0 Å². The van der Waals surface area contributed by atoms with Gasteiger partial charge in [-0.25, -0.2) is 0 Å². The maximum absolute atomic E-state index is 10.9. The molecule has 0 spiro atoms. The monoisotopic (exact) mass is 304 g/mol. The first-order valence-corrected chi connectivity index (χ1v) is 7.96. The molecule has 3 rings (SSSR count). The van der Waals surface area contributed by atoms with Crippen molar-refractivity contribution in [2.45, 2.75) is 51.2 Å². The lowest BCUT2D eigenvalue weighted by atomic mass is 9.79. The number of halogens is 1. The fourth-order valence-corrected chi connectivity index (χ4v) is 3.59. The van der Waals surface area contributed by atoms with E-state index in [-0.39, 0.29) is 12.0 Å². The lowest BCUT2D eigenvalue weighted by Crippen LogP contribution is -2.21. The van der Waals surface area contributed by atoms with Gasteiger partial charge in [0.15, 0.2) is 0 Å². The largest absolute Gasteiger partial charge is 0.386 e. The Morgan fingerprint density at radius 2 is 2.10 bits per heavy atom. The van der Waals surface area contributed by atoms with Crippen LogP contribution >= 0.6 is 11.6 Å². The van der Waals surface area contributed by atoms with Gasteiger partial charge in [-0.1, -0.05) is 35.9 Å². The summed E-state index contributed by atoms with van der Waals surface area (Å²) in [6, 6.07) is 8.59. The fourth-order valence-electron chi connectivity index (χ4n) is 3.35. The molecule has 0 amide bonds. The van der Waals surface area contributed by atoms with Crippen molar-refractivity contribution in [1.29, 1.82) is 0 Å². The van der Waals surface area contributed by atoms with E-state index in [1.54, 1.807) is 6.20 Å². The highest BCUT2D eigenvalue weighted by atomic mass is 35.5. The van der Waals surface area contributed by atoms with E-state index in [9.17, 15) is 5.11 Å². The maximum Gasteiger partial charge on any atom is 0.104 e. The number of aliphatic hydroxyl groups is 1. The van der Waals surface area contributed by atoms with Crippen molar-refractivity contribution in [3.05, 3.63) is 52.3 Å². The summed E-state index contributed by atoms with van der Waals surface area (Å²) in [5.41, 5.74) is 3.34. The van der Waals surface area contributed by atoms with Crippen molar-refractivity contribution >= 4 is 11.6 Å². The topological polar surface area (TPSA) is 38.0 Å². The van der Waals surface area contributed by atoms with E-state index in [1.165, 1.54) is 11.1 Å². The first-order chi connectivity index (χ1) is 10.1. The standard InChI is InChI=1S/C17H21ClN2O/c1-11(2)20-16(15(18)10-19-20)17(21)14-9-5-7-12-6-3-4-8-13(12)14/h3-4,6,8,10-11,14,17,21H,5,7,9H2,1-2H3. The number of benzene rings is 1. The summed E-state index contributed by atoms with van der Waals surface area (Å²) in [5, 5.41) is 15.8. The third-order valence-electron chi connectivity index (χ3n) is 4.35. The average Bonchev–Trinajstić information content (AvgIpc) is 2.88. The van der Waals surface area contributed by atoms with Gasteiger partial charge in [-0.2, -0.15) is 5.10 Å². The molecule has 0 saturated carbocycles. The molecule has 1 N–H and O–H groups in total.